The van der Waals surface area contributed by atoms with Crippen LogP contribution in [0.4, 0.5) is 0 Å². The van der Waals surface area contributed by atoms with Crippen LogP contribution in [0.5, 0.6) is 0 Å². The number of imide groups is 1. The van der Waals surface area contributed by atoms with Gasteiger partial charge in [0.25, 0.3) is 11.8 Å². The molecule has 0 unspecified atom stereocenters. The number of nitrogens with one attached hydrogen (secondary N) is 1. The van der Waals surface area contributed by atoms with Crippen LogP contribution in [0.1, 0.15) is 37.5 Å². The summed E-state index contributed by atoms with van der Waals surface area (Å²) < 4.78 is 27.7. The van der Waals surface area contributed by atoms with E-state index in [2.05, 4.69) is 9.71 Å². The lowest BCUT2D eigenvalue weighted by Crippen LogP contribution is -2.29. The van der Waals surface area contributed by atoms with Gasteiger partial charge in [0.05, 0.1) is 17.0 Å². The number of fused-ring (bicyclic) bond motifs is 1. The molecule has 152 valence electrons. The van der Waals surface area contributed by atoms with Gasteiger partial charge in [-0.25, -0.2) is 13.1 Å². The molecule has 0 spiro atoms. The van der Waals surface area contributed by atoms with E-state index in [1.165, 1.54) is 18.3 Å². The van der Waals surface area contributed by atoms with Gasteiger partial charge in [-0.1, -0.05) is 42.0 Å². The van der Waals surface area contributed by atoms with Gasteiger partial charge < -0.3 is 0 Å². The van der Waals surface area contributed by atoms with E-state index in [-0.39, 0.29) is 29.2 Å². The second-order valence-corrected chi connectivity index (χ2v) is 8.82. The van der Waals surface area contributed by atoms with Crippen molar-refractivity contribution in [2.45, 2.75) is 24.9 Å². The molecule has 8 heteroatoms. The van der Waals surface area contributed by atoms with Crippen molar-refractivity contribution in [2.75, 3.05) is 0 Å². The highest BCUT2D eigenvalue weighted by Gasteiger charge is 2.36. The van der Waals surface area contributed by atoms with Crippen molar-refractivity contribution >= 4 is 21.8 Å². The Labute approximate surface area is 174 Å². The maximum atomic E-state index is 12.5. The topological polar surface area (TPSA) is 96.4 Å². The van der Waals surface area contributed by atoms with E-state index in [9.17, 15) is 18.0 Å². The standard InChI is InChI=1S/C22H19N3O4S/c1-15-4-6-16(7-5-15)13-24-30(28,29)18-10-8-17(9-11-18)14-25-21(26)19-3-2-12-23-20(19)22(25)27/h2-12,24H,13-14H2,1H3. The van der Waals surface area contributed by atoms with Crippen LogP contribution in [0.15, 0.2) is 71.8 Å². The van der Waals surface area contributed by atoms with Gasteiger partial charge in [0.1, 0.15) is 5.69 Å². The number of carbonyl (C=O) groups excluding carboxylic acids is 2. The number of aromatic nitrogens is 1. The molecule has 2 aromatic carbocycles. The highest BCUT2D eigenvalue weighted by Crippen LogP contribution is 2.23. The van der Waals surface area contributed by atoms with Crippen molar-refractivity contribution in [3.8, 4) is 0 Å². The lowest BCUT2D eigenvalue weighted by Gasteiger charge is -2.14. The molecule has 1 aromatic heterocycles. The number of hydrogen-bond acceptors (Lipinski definition) is 5. The quantitative estimate of drug-likeness (QED) is 0.618. The predicted octanol–water partition coefficient (Wildman–Crippen LogP) is 2.66. The molecule has 3 aromatic rings. The zero-order valence-electron chi connectivity index (χ0n) is 16.2. The Kier molecular flexibility index (Phi) is 5.19. The summed E-state index contributed by atoms with van der Waals surface area (Å²) in [6, 6.07) is 16.9. The van der Waals surface area contributed by atoms with Crippen LogP contribution in [0, 0.1) is 6.92 Å². The zero-order valence-corrected chi connectivity index (χ0v) is 17.0. The summed E-state index contributed by atoms with van der Waals surface area (Å²) in [6.45, 7) is 2.20. The van der Waals surface area contributed by atoms with Gasteiger partial charge in [0.15, 0.2) is 0 Å². The fourth-order valence-corrected chi connectivity index (χ4v) is 4.20. The summed E-state index contributed by atoms with van der Waals surface area (Å²) in [6.07, 6.45) is 1.47. The van der Waals surface area contributed by atoms with E-state index in [0.717, 1.165) is 16.0 Å². The number of sulfonamides is 1. The maximum absolute atomic E-state index is 12.5. The van der Waals surface area contributed by atoms with Gasteiger partial charge in [-0.3, -0.25) is 19.5 Å². The summed E-state index contributed by atoms with van der Waals surface area (Å²) >= 11 is 0. The average Bonchev–Trinajstić information content (AvgIpc) is 2.99. The predicted molar refractivity (Wildman–Crippen MR) is 110 cm³/mol. The third-order valence-corrected chi connectivity index (χ3v) is 6.31. The molecule has 1 aliphatic heterocycles. The lowest BCUT2D eigenvalue weighted by molar-refractivity contribution is 0.0640. The molecule has 7 nitrogen and oxygen atoms in total. The minimum absolute atomic E-state index is 0.0468. The van der Waals surface area contributed by atoms with Crippen molar-refractivity contribution in [3.63, 3.8) is 0 Å². The van der Waals surface area contributed by atoms with E-state index in [4.69, 9.17) is 0 Å². The highest BCUT2D eigenvalue weighted by atomic mass is 32.2. The van der Waals surface area contributed by atoms with Crippen LogP contribution >= 0.6 is 0 Å². The Balaban J connectivity index is 1.44. The molecular formula is C22H19N3O4S. The van der Waals surface area contributed by atoms with Gasteiger partial charge in [0, 0.05) is 12.7 Å². The molecule has 0 bridgehead atoms. The molecule has 0 atom stereocenters. The maximum Gasteiger partial charge on any atom is 0.280 e. The molecule has 30 heavy (non-hydrogen) atoms. The molecule has 2 amide bonds. The van der Waals surface area contributed by atoms with Crippen molar-refractivity contribution < 1.29 is 18.0 Å². The second kappa shape index (κ2) is 7.81. The van der Waals surface area contributed by atoms with Crippen molar-refractivity contribution in [3.05, 3.63) is 94.8 Å². The Bertz CT molecular complexity index is 1180. The molecule has 1 N–H and O–H groups in total. The van der Waals surface area contributed by atoms with E-state index in [1.807, 2.05) is 31.2 Å². The third-order valence-electron chi connectivity index (χ3n) is 4.89. The average molecular weight is 421 g/mol. The fourth-order valence-electron chi connectivity index (χ4n) is 3.18. The van der Waals surface area contributed by atoms with Crippen LogP contribution in [0.2, 0.25) is 0 Å². The Morgan fingerprint density at radius 3 is 2.23 bits per heavy atom. The second-order valence-electron chi connectivity index (χ2n) is 7.05. The number of amides is 2. The smallest absolute Gasteiger partial charge is 0.268 e. The van der Waals surface area contributed by atoms with E-state index in [0.29, 0.717) is 5.56 Å². The van der Waals surface area contributed by atoms with Crippen LogP contribution in [-0.4, -0.2) is 30.1 Å². The minimum Gasteiger partial charge on any atom is -0.268 e. The molecule has 4 rings (SSSR count). The van der Waals surface area contributed by atoms with Crippen molar-refractivity contribution in [1.82, 2.24) is 14.6 Å². The van der Waals surface area contributed by atoms with Gasteiger partial charge in [0.2, 0.25) is 10.0 Å². The van der Waals surface area contributed by atoms with E-state index < -0.39 is 21.8 Å². The van der Waals surface area contributed by atoms with Crippen LogP contribution in [-0.2, 0) is 23.1 Å². The number of hydrogen-bond donors (Lipinski definition) is 1. The summed E-state index contributed by atoms with van der Waals surface area (Å²) in [7, 11) is -3.69. The minimum atomic E-state index is -3.69. The molecule has 0 saturated heterocycles. The van der Waals surface area contributed by atoms with E-state index in [1.54, 1.807) is 24.3 Å². The number of aryl methyl sites for hydroxylation is 1. The van der Waals surface area contributed by atoms with Crippen LogP contribution in [0.25, 0.3) is 0 Å². The molecule has 0 aliphatic carbocycles. The Hall–Kier alpha value is -3.36. The monoisotopic (exact) mass is 421 g/mol. The lowest BCUT2D eigenvalue weighted by atomic mass is 10.2. The number of benzene rings is 2. The largest absolute Gasteiger partial charge is 0.280 e. The van der Waals surface area contributed by atoms with Crippen LogP contribution in [0.3, 0.4) is 0 Å². The molecule has 0 saturated carbocycles. The first-order chi connectivity index (χ1) is 14.3. The molecular weight excluding hydrogens is 402 g/mol. The molecule has 0 fully saturated rings. The number of rotatable bonds is 6. The van der Waals surface area contributed by atoms with Crippen molar-refractivity contribution in [2.24, 2.45) is 0 Å². The highest BCUT2D eigenvalue weighted by molar-refractivity contribution is 7.89. The Morgan fingerprint density at radius 1 is 0.900 bits per heavy atom. The number of nitrogens with zero attached hydrogens (tertiary/aromatic N) is 2. The van der Waals surface area contributed by atoms with Crippen LogP contribution < -0.4 is 4.72 Å². The summed E-state index contributed by atoms with van der Waals surface area (Å²) in [4.78, 5) is 30.1. The SMILES string of the molecule is Cc1ccc(CNS(=O)(=O)c2ccc(CN3C(=O)c4cccnc4C3=O)cc2)cc1. The van der Waals surface area contributed by atoms with Gasteiger partial charge in [-0.05, 0) is 42.3 Å². The first-order valence-electron chi connectivity index (χ1n) is 9.30. The van der Waals surface area contributed by atoms with Crippen molar-refractivity contribution in [1.29, 1.82) is 0 Å². The third kappa shape index (κ3) is 3.87. The Morgan fingerprint density at radius 2 is 1.57 bits per heavy atom. The van der Waals surface area contributed by atoms with E-state index >= 15 is 0 Å². The number of carbonyl (C=O) groups is 2. The first-order valence-corrected chi connectivity index (χ1v) is 10.8. The first kappa shape index (κ1) is 19.9. The summed E-state index contributed by atoms with van der Waals surface area (Å²) in [5, 5.41) is 0. The molecule has 2 heterocycles. The zero-order chi connectivity index (χ0) is 21.3. The van der Waals surface area contributed by atoms with Gasteiger partial charge >= 0.3 is 0 Å². The fraction of sp³-hybridized carbons (Fsp3) is 0.136. The normalized spacial score (nSPS) is 13.6. The molecule has 0 radical (unpaired) electrons. The number of pyridine rings is 1. The summed E-state index contributed by atoms with van der Waals surface area (Å²) in [5.74, 6) is -0.855. The summed E-state index contributed by atoms with van der Waals surface area (Å²) in [5.41, 5.74) is 3.03. The van der Waals surface area contributed by atoms with Gasteiger partial charge in [-0.2, -0.15) is 0 Å². The molecule has 1 aliphatic rings. The van der Waals surface area contributed by atoms with Gasteiger partial charge in [-0.15, -0.1) is 0 Å².